The second-order valence-corrected chi connectivity index (χ2v) is 8.26. The Morgan fingerprint density at radius 3 is 1.81 bits per heavy atom. The van der Waals surface area contributed by atoms with Crippen LogP contribution in [0.4, 0.5) is 0 Å². The summed E-state index contributed by atoms with van der Waals surface area (Å²) < 4.78 is 37.7. The summed E-state index contributed by atoms with van der Waals surface area (Å²) in [7, 11) is 0. The van der Waals surface area contributed by atoms with E-state index in [1.54, 1.807) is 6.92 Å². The first-order valence-electron chi connectivity index (χ1n) is 12.1. The Morgan fingerprint density at radius 1 is 0.667 bits per heavy atom. The van der Waals surface area contributed by atoms with Crippen molar-refractivity contribution in [2.45, 2.75) is 104 Å². The van der Waals surface area contributed by atoms with Gasteiger partial charge in [-0.25, -0.2) is 0 Å². The van der Waals surface area contributed by atoms with Gasteiger partial charge in [-0.2, -0.15) is 0 Å². The van der Waals surface area contributed by atoms with Crippen LogP contribution in [0.15, 0.2) is 0 Å². The Hall–Kier alpha value is -2.73. The van der Waals surface area contributed by atoms with Crippen molar-refractivity contribution in [3.8, 4) is 0 Å². The van der Waals surface area contributed by atoms with Crippen molar-refractivity contribution in [2.75, 3.05) is 19.8 Å². The molecule has 36 heavy (non-hydrogen) atoms. The molecule has 0 radical (unpaired) electrons. The van der Waals surface area contributed by atoms with E-state index in [0.29, 0.717) is 19.4 Å². The third-order valence-corrected chi connectivity index (χ3v) is 5.06. The van der Waals surface area contributed by atoms with Gasteiger partial charge in [-0.1, -0.05) is 19.3 Å². The molecule has 1 aliphatic heterocycles. The highest BCUT2D eigenvalue weighted by atomic mass is 16.7. The van der Waals surface area contributed by atoms with E-state index in [4.69, 9.17) is 33.2 Å². The Kier molecular flexibility index (Phi) is 14.7. The molecule has 0 spiro atoms. The first-order valence-corrected chi connectivity index (χ1v) is 12.1. The van der Waals surface area contributed by atoms with Gasteiger partial charge >= 0.3 is 29.8 Å². The molecule has 1 saturated heterocycles. The zero-order chi connectivity index (χ0) is 27.1. The van der Waals surface area contributed by atoms with Crippen molar-refractivity contribution < 1.29 is 57.1 Å². The van der Waals surface area contributed by atoms with Gasteiger partial charge in [0.1, 0.15) is 12.7 Å². The van der Waals surface area contributed by atoms with Crippen LogP contribution in [0.1, 0.15) is 73.1 Å². The average Bonchev–Trinajstić information content (AvgIpc) is 2.77. The Balaban J connectivity index is 2.82. The van der Waals surface area contributed by atoms with Crippen LogP contribution in [0, 0.1) is 0 Å². The van der Waals surface area contributed by atoms with Crippen molar-refractivity contribution in [3.05, 3.63) is 0 Å². The van der Waals surface area contributed by atoms with E-state index in [9.17, 15) is 24.0 Å². The summed E-state index contributed by atoms with van der Waals surface area (Å²) in [5.41, 5.74) is 0. The molecular weight excluding hydrogens is 480 g/mol. The Morgan fingerprint density at radius 2 is 1.22 bits per heavy atom. The highest BCUT2D eigenvalue weighted by molar-refractivity contribution is 5.69. The van der Waals surface area contributed by atoms with Gasteiger partial charge in [0.05, 0.1) is 6.61 Å². The lowest BCUT2D eigenvalue weighted by atomic mass is 9.98. The third kappa shape index (κ3) is 12.3. The fourth-order valence-electron chi connectivity index (χ4n) is 3.66. The SMILES string of the molecule is CCOC(=O)CCCCCCCO[C@@H]1OC(COC(C)=O)[C@H](OC(C)=O)[C@@H](OC(C)=O)C1OC(C)=O. The first kappa shape index (κ1) is 31.3. The van der Waals surface area contributed by atoms with Crippen molar-refractivity contribution in [1.29, 1.82) is 0 Å². The molecule has 0 amide bonds. The van der Waals surface area contributed by atoms with Crippen LogP contribution in [0.2, 0.25) is 0 Å². The maximum Gasteiger partial charge on any atom is 0.305 e. The highest BCUT2D eigenvalue weighted by Crippen LogP contribution is 2.30. The quantitative estimate of drug-likeness (QED) is 0.177. The molecule has 206 valence electrons. The standard InChI is InChI=1S/C24H38O12/c1-6-30-20(29)12-10-8-7-9-11-13-31-24-23(35-18(5)28)22(34-17(4)27)21(33-16(3)26)19(36-24)14-32-15(2)25/h19,21-24H,6-14H2,1-5H3/t19?,21-,22+,23?,24+/m0/s1. The monoisotopic (exact) mass is 518 g/mol. The third-order valence-electron chi connectivity index (χ3n) is 5.06. The van der Waals surface area contributed by atoms with Gasteiger partial charge in [-0.15, -0.1) is 0 Å². The van der Waals surface area contributed by atoms with Gasteiger partial charge in [0.15, 0.2) is 24.6 Å². The number of carbonyl (C=O) groups excluding carboxylic acids is 5. The molecule has 0 bridgehead atoms. The van der Waals surface area contributed by atoms with Crippen molar-refractivity contribution in [1.82, 2.24) is 0 Å². The molecule has 5 atom stereocenters. The number of unbranched alkanes of at least 4 members (excludes halogenated alkanes) is 4. The normalized spacial score (nSPS) is 23.3. The number of hydrogen-bond donors (Lipinski definition) is 0. The Labute approximate surface area is 211 Å². The fourth-order valence-corrected chi connectivity index (χ4v) is 3.66. The second kappa shape index (κ2) is 16.9. The summed E-state index contributed by atoms with van der Waals surface area (Å²) in [4.78, 5) is 58.1. The lowest BCUT2D eigenvalue weighted by Gasteiger charge is -2.44. The highest BCUT2D eigenvalue weighted by Gasteiger charge is 2.52. The molecule has 0 aromatic rings. The maximum atomic E-state index is 11.8. The fraction of sp³-hybridized carbons (Fsp3) is 0.792. The lowest BCUT2D eigenvalue weighted by Crippen LogP contribution is -2.63. The maximum absolute atomic E-state index is 11.8. The van der Waals surface area contributed by atoms with E-state index in [-0.39, 0.29) is 19.2 Å². The van der Waals surface area contributed by atoms with Crippen molar-refractivity contribution >= 4 is 29.8 Å². The minimum Gasteiger partial charge on any atom is -0.466 e. The van der Waals surface area contributed by atoms with Gasteiger partial charge in [-0.3, -0.25) is 24.0 Å². The molecular formula is C24H38O12. The minimum atomic E-state index is -1.25. The molecule has 0 saturated carbocycles. The van der Waals surface area contributed by atoms with E-state index in [2.05, 4.69) is 0 Å². The summed E-state index contributed by atoms with van der Waals surface area (Å²) in [6.45, 7) is 6.75. The topological polar surface area (TPSA) is 150 Å². The zero-order valence-corrected chi connectivity index (χ0v) is 21.6. The summed E-state index contributed by atoms with van der Waals surface area (Å²) >= 11 is 0. The van der Waals surface area contributed by atoms with E-state index >= 15 is 0 Å². The van der Waals surface area contributed by atoms with E-state index in [1.165, 1.54) is 13.8 Å². The zero-order valence-electron chi connectivity index (χ0n) is 21.6. The van der Waals surface area contributed by atoms with E-state index in [1.807, 2.05) is 0 Å². The first-order chi connectivity index (χ1) is 17.0. The number of hydrogen-bond acceptors (Lipinski definition) is 12. The van der Waals surface area contributed by atoms with Gasteiger partial charge in [-0.05, 0) is 19.8 Å². The summed E-state index contributed by atoms with van der Waals surface area (Å²) in [6.07, 6.45) is -1.59. The van der Waals surface area contributed by atoms with Gasteiger partial charge in [0.2, 0.25) is 0 Å². The van der Waals surface area contributed by atoms with Crippen LogP contribution in [-0.4, -0.2) is 80.4 Å². The van der Waals surface area contributed by atoms with Crippen LogP contribution in [0.5, 0.6) is 0 Å². The van der Waals surface area contributed by atoms with Gasteiger partial charge in [0.25, 0.3) is 0 Å². The number of rotatable bonds is 15. The molecule has 2 unspecified atom stereocenters. The second-order valence-electron chi connectivity index (χ2n) is 8.26. The number of carbonyl (C=O) groups is 5. The molecule has 1 fully saturated rings. The summed E-state index contributed by atoms with van der Waals surface area (Å²) in [5.74, 6) is -2.88. The number of ether oxygens (including phenoxy) is 7. The van der Waals surface area contributed by atoms with E-state index < -0.39 is 54.6 Å². The molecule has 12 nitrogen and oxygen atoms in total. The molecule has 0 N–H and O–H groups in total. The van der Waals surface area contributed by atoms with Crippen LogP contribution in [0.25, 0.3) is 0 Å². The van der Waals surface area contributed by atoms with E-state index in [0.717, 1.165) is 39.5 Å². The van der Waals surface area contributed by atoms with Crippen LogP contribution in [0.3, 0.4) is 0 Å². The molecule has 0 aromatic heterocycles. The largest absolute Gasteiger partial charge is 0.466 e. The molecule has 1 heterocycles. The van der Waals surface area contributed by atoms with Crippen LogP contribution < -0.4 is 0 Å². The summed E-state index contributed by atoms with van der Waals surface area (Å²) in [5, 5.41) is 0. The molecule has 0 aliphatic carbocycles. The number of esters is 5. The van der Waals surface area contributed by atoms with Gasteiger partial charge < -0.3 is 33.2 Å². The lowest BCUT2D eigenvalue weighted by molar-refractivity contribution is -0.308. The summed E-state index contributed by atoms with van der Waals surface area (Å²) in [6, 6.07) is 0. The van der Waals surface area contributed by atoms with Crippen molar-refractivity contribution in [2.24, 2.45) is 0 Å². The van der Waals surface area contributed by atoms with Crippen LogP contribution in [-0.2, 0) is 57.1 Å². The predicted molar refractivity (Wildman–Crippen MR) is 122 cm³/mol. The smallest absolute Gasteiger partial charge is 0.305 e. The Bertz CT molecular complexity index is 737. The molecule has 12 heteroatoms. The average molecular weight is 519 g/mol. The van der Waals surface area contributed by atoms with Crippen molar-refractivity contribution in [3.63, 3.8) is 0 Å². The molecule has 0 aromatic carbocycles. The van der Waals surface area contributed by atoms with Crippen LogP contribution >= 0.6 is 0 Å². The predicted octanol–water partition coefficient (Wildman–Crippen LogP) is 1.99. The molecule has 1 rings (SSSR count). The minimum absolute atomic E-state index is 0.204. The molecule has 1 aliphatic rings. The van der Waals surface area contributed by atoms with Gasteiger partial charge in [0, 0.05) is 40.7 Å².